The zero-order valence-electron chi connectivity index (χ0n) is 6.33. The zero-order valence-corrected chi connectivity index (χ0v) is 7.14. The number of hydrogen-bond donors (Lipinski definition) is 0. The maximum absolute atomic E-state index is 10.8. The Morgan fingerprint density at radius 1 is 1.40 bits per heavy atom. The van der Waals surface area contributed by atoms with Gasteiger partial charge in [0.2, 0.25) is 0 Å². The van der Waals surface area contributed by atoms with Gasteiger partial charge in [0.25, 0.3) is 0 Å². The molecule has 4 heteroatoms. The van der Waals surface area contributed by atoms with Crippen molar-refractivity contribution in [2.75, 3.05) is 6.26 Å². The zero-order chi connectivity index (χ0) is 8.36. The molecule has 1 atom stereocenters. The third-order valence-electron chi connectivity index (χ3n) is 1.19. The molecule has 0 radical (unpaired) electrons. The number of rotatable bonds is 2. The number of sulfone groups is 1. The van der Waals surface area contributed by atoms with Crippen LogP contribution < -0.4 is 0 Å². The summed E-state index contributed by atoms with van der Waals surface area (Å²) in [5.74, 6) is -0.125. The van der Waals surface area contributed by atoms with Crippen molar-refractivity contribution in [2.24, 2.45) is 5.92 Å². The Labute approximate surface area is 61.6 Å². The lowest BCUT2D eigenvalue weighted by Gasteiger charge is -2.08. The summed E-state index contributed by atoms with van der Waals surface area (Å²) in [6.07, 6.45) is 1.08. The molecule has 0 N–H and O–H groups in total. The van der Waals surface area contributed by atoms with Crippen molar-refractivity contribution in [2.45, 2.75) is 19.1 Å². The fourth-order valence-electron chi connectivity index (χ4n) is 0.739. The third-order valence-corrected chi connectivity index (χ3v) is 2.77. The van der Waals surface area contributed by atoms with Crippen LogP contribution in [0.3, 0.4) is 0 Å². The molecule has 0 aromatic carbocycles. The first-order chi connectivity index (χ1) is 4.39. The fraction of sp³-hybridized carbons (Fsp3) is 0.833. The van der Waals surface area contributed by atoms with Crippen LogP contribution in [0, 0.1) is 17.2 Å². The molecule has 1 unspecified atom stereocenters. The number of hydrogen-bond acceptors (Lipinski definition) is 3. The number of nitrogens with zero attached hydrogens (tertiary/aromatic N) is 1. The Balaban J connectivity index is 4.60. The highest BCUT2D eigenvalue weighted by Gasteiger charge is 2.23. The van der Waals surface area contributed by atoms with E-state index in [4.69, 9.17) is 5.26 Å². The second-order valence-electron chi connectivity index (χ2n) is 2.62. The van der Waals surface area contributed by atoms with E-state index in [0.29, 0.717) is 0 Å². The first-order valence-electron chi connectivity index (χ1n) is 2.98. The van der Waals surface area contributed by atoms with Crippen LogP contribution in [0.15, 0.2) is 0 Å². The van der Waals surface area contributed by atoms with Crippen molar-refractivity contribution in [3.63, 3.8) is 0 Å². The molecule has 0 amide bonds. The predicted octanol–water partition coefficient (Wildman–Crippen LogP) is 0.579. The molecular formula is C6H11NO2S. The van der Waals surface area contributed by atoms with Gasteiger partial charge in [-0.1, -0.05) is 13.8 Å². The average Bonchev–Trinajstić information content (AvgIpc) is 1.60. The van der Waals surface area contributed by atoms with Crippen LogP contribution in [0.25, 0.3) is 0 Å². The van der Waals surface area contributed by atoms with Gasteiger partial charge >= 0.3 is 0 Å². The molecule has 0 fully saturated rings. The van der Waals surface area contributed by atoms with Crippen LogP contribution >= 0.6 is 0 Å². The molecule has 0 spiro atoms. The van der Waals surface area contributed by atoms with E-state index in [1.165, 1.54) is 0 Å². The van der Waals surface area contributed by atoms with Crippen molar-refractivity contribution in [3.8, 4) is 6.07 Å². The van der Waals surface area contributed by atoms with Crippen molar-refractivity contribution < 1.29 is 8.42 Å². The molecule has 0 rings (SSSR count). The molecule has 0 saturated carbocycles. The van der Waals surface area contributed by atoms with Gasteiger partial charge < -0.3 is 0 Å². The first kappa shape index (κ1) is 9.44. The standard InChI is InChI=1S/C6H11NO2S/c1-5(2)6(4-7)10(3,8)9/h5-6H,1-3H3. The first-order valence-corrected chi connectivity index (χ1v) is 4.93. The summed E-state index contributed by atoms with van der Waals surface area (Å²) in [4.78, 5) is 0. The summed E-state index contributed by atoms with van der Waals surface area (Å²) in [7, 11) is -3.18. The largest absolute Gasteiger partial charge is 0.228 e. The molecule has 0 heterocycles. The second-order valence-corrected chi connectivity index (χ2v) is 4.79. The minimum Gasteiger partial charge on any atom is -0.228 e. The van der Waals surface area contributed by atoms with E-state index in [2.05, 4.69) is 0 Å². The van der Waals surface area contributed by atoms with E-state index in [-0.39, 0.29) is 5.92 Å². The predicted molar refractivity (Wildman–Crippen MR) is 39.1 cm³/mol. The van der Waals surface area contributed by atoms with E-state index in [0.717, 1.165) is 6.26 Å². The van der Waals surface area contributed by atoms with Crippen LogP contribution in [0.5, 0.6) is 0 Å². The maximum Gasteiger partial charge on any atom is 0.163 e. The monoisotopic (exact) mass is 161 g/mol. The van der Waals surface area contributed by atoms with E-state index in [1.54, 1.807) is 19.9 Å². The SMILES string of the molecule is CC(C)C(C#N)S(C)(=O)=O. The Kier molecular flexibility index (Phi) is 2.85. The quantitative estimate of drug-likeness (QED) is 0.595. The summed E-state index contributed by atoms with van der Waals surface area (Å²) in [6.45, 7) is 3.43. The molecule has 0 saturated heterocycles. The number of nitriles is 1. The lowest BCUT2D eigenvalue weighted by Crippen LogP contribution is -2.23. The molecule has 0 aliphatic heterocycles. The molecule has 10 heavy (non-hydrogen) atoms. The topological polar surface area (TPSA) is 57.9 Å². The molecule has 0 aromatic rings. The minimum absolute atomic E-state index is 0.125. The highest BCUT2D eigenvalue weighted by molar-refractivity contribution is 7.91. The fourth-order valence-corrected chi connectivity index (χ4v) is 1.92. The van der Waals surface area contributed by atoms with Gasteiger partial charge in [-0.3, -0.25) is 0 Å². The van der Waals surface area contributed by atoms with E-state index >= 15 is 0 Å². The summed E-state index contributed by atoms with van der Waals surface area (Å²) in [5, 5.41) is 7.55. The van der Waals surface area contributed by atoms with Gasteiger partial charge in [0, 0.05) is 6.26 Å². The summed E-state index contributed by atoms with van der Waals surface area (Å²) < 4.78 is 21.6. The van der Waals surface area contributed by atoms with Crippen LogP contribution in [0.4, 0.5) is 0 Å². The van der Waals surface area contributed by atoms with Gasteiger partial charge in [-0.05, 0) is 5.92 Å². The van der Waals surface area contributed by atoms with E-state index < -0.39 is 15.1 Å². The molecule has 58 valence electrons. The average molecular weight is 161 g/mol. The smallest absolute Gasteiger partial charge is 0.163 e. The minimum atomic E-state index is -3.18. The van der Waals surface area contributed by atoms with E-state index in [9.17, 15) is 8.42 Å². The van der Waals surface area contributed by atoms with Crippen molar-refractivity contribution in [1.29, 1.82) is 5.26 Å². The van der Waals surface area contributed by atoms with Crippen LogP contribution in [-0.2, 0) is 9.84 Å². The van der Waals surface area contributed by atoms with Crippen molar-refractivity contribution in [1.82, 2.24) is 0 Å². The van der Waals surface area contributed by atoms with Gasteiger partial charge in [-0.2, -0.15) is 5.26 Å². The molecule has 3 nitrogen and oxygen atoms in total. The summed E-state index contributed by atoms with van der Waals surface area (Å²) in [6, 6.07) is 1.75. The molecule has 0 aliphatic rings. The van der Waals surface area contributed by atoms with Crippen molar-refractivity contribution in [3.05, 3.63) is 0 Å². The van der Waals surface area contributed by atoms with Gasteiger partial charge in [0.05, 0.1) is 6.07 Å². The maximum atomic E-state index is 10.8. The van der Waals surface area contributed by atoms with Gasteiger partial charge in [-0.25, -0.2) is 8.42 Å². The highest BCUT2D eigenvalue weighted by Crippen LogP contribution is 2.09. The third kappa shape index (κ3) is 2.36. The Bertz CT molecular complexity index is 235. The Hall–Kier alpha value is -0.560. The normalized spacial score (nSPS) is 14.7. The lowest BCUT2D eigenvalue weighted by atomic mass is 10.1. The van der Waals surface area contributed by atoms with Crippen LogP contribution in [0.2, 0.25) is 0 Å². The second kappa shape index (κ2) is 3.02. The Morgan fingerprint density at radius 2 is 1.80 bits per heavy atom. The van der Waals surface area contributed by atoms with Gasteiger partial charge in [0.1, 0.15) is 5.25 Å². The summed E-state index contributed by atoms with van der Waals surface area (Å²) >= 11 is 0. The van der Waals surface area contributed by atoms with Crippen LogP contribution in [0.1, 0.15) is 13.8 Å². The van der Waals surface area contributed by atoms with Gasteiger partial charge in [0.15, 0.2) is 9.84 Å². The van der Waals surface area contributed by atoms with Crippen molar-refractivity contribution >= 4 is 9.84 Å². The van der Waals surface area contributed by atoms with Crippen LogP contribution in [-0.4, -0.2) is 19.9 Å². The highest BCUT2D eigenvalue weighted by atomic mass is 32.2. The van der Waals surface area contributed by atoms with E-state index in [1.807, 2.05) is 0 Å². The molecule has 0 aromatic heterocycles. The van der Waals surface area contributed by atoms with Gasteiger partial charge in [-0.15, -0.1) is 0 Å². The summed E-state index contributed by atoms with van der Waals surface area (Å²) in [5.41, 5.74) is 0. The molecule has 0 aliphatic carbocycles. The molecular weight excluding hydrogens is 150 g/mol. The molecule has 0 bridgehead atoms. The lowest BCUT2D eigenvalue weighted by molar-refractivity contribution is 0.569. The Morgan fingerprint density at radius 3 is 1.80 bits per heavy atom.